The molecule has 0 radical (unpaired) electrons. The van der Waals surface area contributed by atoms with Crippen LogP contribution in [0.15, 0.2) is 0 Å². The van der Waals surface area contributed by atoms with Crippen molar-refractivity contribution in [2.45, 2.75) is 25.4 Å². The molecule has 0 aromatic rings. The third kappa shape index (κ3) is 6.55. The number of aliphatic carboxylic acids is 1. The highest BCUT2D eigenvalue weighted by Gasteiger charge is 2.21. The van der Waals surface area contributed by atoms with Gasteiger partial charge in [0.15, 0.2) is 7.37 Å². The first-order valence-electron chi connectivity index (χ1n) is 4.71. The maximum absolute atomic E-state index is 11.3. The van der Waals surface area contributed by atoms with E-state index in [-0.39, 0.29) is 12.6 Å². The van der Waals surface area contributed by atoms with Gasteiger partial charge in [0, 0.05) is 12.8 Å². The van der Waals surface area contributed by atoms with E-state index in [1.807, 2.05) is 0 Å². The van der Waals surface area contributed by atoms with Crippen LogP contribution in [0.25, 0.3) is 0 Å². The van der Waals surface area contributed by atoms with E-state index in [1.165, 1.54) is 13.6 Å². The van der Waals surface area contributed by atoms with Crippen LogP contribution in [0, 0.1) is 0 Å². The molecule has 94 valence electrons. The van der Waals surface area contributed by atoms with Gasteiger partial charge in [0.2, 0.25) is 5.91 Å². The Bertz CT molecular complexity index is 314. The summed E-state index contributed by atoms with van der Waals surface area (Å²) in [6, 6.07) is -2.00. The Hall–Kier alpha value is -0.910. The number of rotatable bonds is 6. The highest BCUT2D eigenvalue weighted by molar-refractivity contribution is 7.57. The molecule has 0 aliphatic heterocycles. The minimum Gasteiger partial charge on any atom is -0.480 e. The first-order valence-corrected chi connectivity index (χ1v) is 7.00. The van der Waals surface area contributed by atoms with E-state index in [4.69, 9.17) is 15.7 Å². The lowest BCUT2D eigenvalue weighted by Crippen LogP contribution is -2.47. The van der Waals surface area contributed by atoms with Gasteiger partial charge in [-0.1, -0.05) is 0 Å². The number of nitrogens with one attached hydrogen (secondary N) is 1. The summed E-state index contributed by atoms with van der Waals surface area (Å²) in [4.78, 5) is 30.7. The summed E-state index contributed by atoms with van der Waals surface area (Å²) in [5.74, 6) is -1.80. The number of hydrogen-bond donors (Lipinski definition) is 4. The van der Waals surface area contributed by atoms with E-state index >= 15 is 0 Å². The molecule has 0 aromatic heterocycles. The van der Waals surface area contributed by atoms with Gasteiger partial charge in [-0.25, -0.2) is 0 Å². The first kappa shape index (κ1) is 15.1. The van der Waals surface area contributed by atoms with Crippen molar-refractivity contribution in [2.75, 3.05) is 12.8 Å². The summed E-state index contributed by atoms with van der Waals surface area (Å²) in [6.07, 6.45) is -0.0223. The first-order chi connectivity index (χ1) is 7.13. The van der Waals surface area contributed by atoms with Crippen LogP contribution in [-0.4, -0.2) is 46.8 Å². The van der Waals surface area contributed by atoms with Crippen LogP contribution in [0.1, 0.15) is 13.3 Å². The predicted molar refractivity (Wildman–Crippen MR) is 58.4 cm³/mol. The van der Waals surface area contributed by atoms with E-state index in [0.717, 1.165) is 0 Å². The third-order valence-corrected chi connectivity index (χ3v) is 3.01. The lowest BCUT2D eigenvalue weighted by Gasteiger charge is -2.15. The van der Waals surface area contributed by atoms with Crippen molar-refractivity contribution < 1.29 is 24.2 Å². The molecule has 0 heterocycles. The summed E-state index contributed by atoms with van der Waals surface area (Å²) in [5, 5.41) is 10.7. The van der Waals surface area contributed by atoms with Crippen LogP contribution in [0.3, 0.4) is 0 Å². The van der Waals surface area contributed by atoms with Gasteiger partial charge in [-0.05, 0) is 13.3 Å². The zero-order valence-electron chi connectivity index (χ0n) is 9.21. The zero-order valence-corrected chi connectivity index (χ0v) is 10.1. The Morgan fingerprint density at radius 2 is 2.00 bits per heavy atom. The van der Waals surface area contributed by atoms with Gasteiger partial charge < -0.3 is 21.1 Å². The van der Waals surface area contributed by atoms with Crippen molar-refractivity contribution in [3.63, 3.8) is 0 Å². The summed E-state index contributed by atoms with van der Waals surface area (Å²) < 4.78 is 10.9. The van der Waals surface area contributed by atoms with Crippen molar-refractivity contribution in [2.24, 2.45) is 5.73 Å². The van der Waals surface area contributed by atoms with Gasteiger partial charge in [0.05, 0.1) is 6.04 Å². The molecule has 0 aromatic carbocycles. The maximum Gasteiger partial charge on any atom is 0.325 e. The number of carbonyl (C=O) groups is 2. The minimum atomic E-state index is -3.19. The monoisotopic (exact) mass is 252 g/mol. The van der Waals surface area contributed by atoms with Crippen LogP contribution in [0.2, 0.25) is 0 Å². The fraction of sp³-hybridized carbons (Fsp3) is 0.750. The van der Waals surface area contributed by atoms with Crippen LogP contribution in [-0.2, 0) is 14.2 Å². The second-order valence-electron chi connectivity index (χ2n) is 3.74. The standard InChI is InChI=1S/C8H17N2O5P/c1-5(8(12)13)10-7(11)6(9)3-4-16(2,14)15/h5-6H,3-4,9H2,1-2H3,(H,10,11)(H,12,13)(H,14,15)/t5-,6-/m0/s1. The lowest BCUT2D eigenvalue weighted by atomic mass is 10.2. The summed E-state index contributed by atoms with van der Waals surface area (Å²) in [6.45, 7) is 2.49. The topological polar surface area (TPSA) is 130 Å². The van der Waals surface area contributed by atoms with Crippen molar-refractivity contribution >= 4 is 19.2 Å². The Kier molecular flexibility index (Phi) is 5.64. The maximum atomic E-state index is 11.3. The fourth-order valence-corrected chi connectivity index (χ4v) is 1.65. The quantitative estimate of drug-likeness (QED) is 0.457. The molecule has 0 aliphatic rings. The molecule has 1 unspecified atom stereocenters. The molecule has 7 nitrogen and oxygen atoms in total. The molecule has 0 bridgehead atoms. The lowest BCUT2D eigenvalue weighted by molar-refractivity contribution is -0.141. The molecule has 0 aliphatic carbocycles. The number of carboxylic acids is 1. The molecule has 0 spiro atoms. The predicted octanol–water partition coefficient (Wildman–Crippen LogP) is -0.807. The van der Waals surface area contributed by atoms with Crippen LogP contribution in [0.5, 0.6) is 0 Å². The molecule has 0 saturated carbocycles. The fourth-order valence-electron chi connectivity index (χ4n) is 0.892. The summed E-state index contributed by atoms with van der Waals surface area (Å²) in [7, 11) is -3.19. The van der Waals surface area contributed by atoms with E-state index < -0.39 is 31.3 Å². The van der Waals surface area contributed by atoms with E-state index in [2.05, 4.69) is 5.32 Å². The number of carboxylic acid groups (broad SMARTS) is 1. The Balaban J connectivity index is 4.10. The van der Waals surface area contributed by atoms with Crippen molar-refractivity contribution in [3.8, 4) is 0 Å². The molecular weight excluding hydrogens is 235 g/mol. The van der Waals surface area contributed by atoms with E-state index in [9.17, 15) is 14.2 Å². The Labute approximate surface area is 93.5 Å². The third-order valence-electron chi connectivity index (χ3n) is 1.92. The highest BCUT2D eigenvalue weighted by Crippen LogP contribution is 2.35. The van der Waals surface area contributed by atoms with Crippen LogP contribution < -0.4 is 11.1 Å². The summed E-state index contributed by atoms with van der Waals surface area (Å²) in [5.41, 5.74) is 5.44. The molecule has 3 atom stereocenters. The largest absolute Gasteiger partial charge is 0.480 e. The number of carbonyl (C=O) groups excluding carboxylic acids is 1. The van der Waals surface area contributed by atoms with Crippen molar-refractivity contribution in [1.82, 2.24) is 5.32 Å². The van der Waals surface area contributed by atoms with Gasteiger partial charge in [-0.3, -0.25) is 14.2 Å². The number of hydrogen-bond acceptors (Lipinski definition) is 4. The normalized spacial score (nSPS) is 18.2. The molecule has 0 fully saturated rings. The van der Waals surface area contributed by atoms with Crippen molar-refractivity contribution in [3.05, 3.63) is 0 Å². The Morgan fingerprint density at radius 3 is 2.38 bits per heavy atom. The average Bonchev–Trinajstić information content (AvgIpc) is 2.12. The molecule has 1 amide bonds. The SMILES string of the molecule is C[C@H](NC(=O)[C@@H](N)CCP(C)(=O)O)C(=O)O. The van der Waals surface area contributed by atoms with Gasteiger partial charge >= 0.3 is 5.97 Å². The van der Waals surface area contributed by atoms with Gasteiger partial charge in [0.25, 0.3) is 0 Å². The molecule has 5 N–H and O–H groups in total. The smallest absolute Gasteiger partial charge is 0.325 e. The minimum absolute atomic E-state index is 0.0441. The molecule has 0 saturated heterocycles. The van der Waals surface area contributed by atoms with E-state index in [0.29, 0.717) is 0 Å². The summed E-state index contributed by atoms with van der Waals surface area (Å²) >= 11 is 0. The van der Waals surface area contributed by atoms with Gasteiger partial charge in [0.1, 0.15) is 6.04 Å². The molecular formula is C8H17N2O5P. The second-order valence-corrected chi connectivity index (χ2v) is 6.29. The Morgan fingerprint density at radius 1 is 1.50 bits per heavy atom. The second kappa shape index (κ2) is 5.98. The van der Waals surface area contributed by atoms with Crippen LogP contribution >= 0.6 is 7.37 Å². The number of amides is 1. The highest BCUT2D eigenvalue weighted by atomic mass is 31.2. The number of nitrogens with two attached hydrogens (primary N) is 1. The molecule has 8 heteroatoms. The average molecular weight is 252 g/mol. The van der Waals surface area contributed by atoms with Crippen molar-refractivity contribution in [1.29, 1.82) is 0 Å². The van der Waals surface area contributed by atoms with Gasteiger partial charge in [-0.15, -0.1) is 0 Å². The molecule has 16 heavy (non-hydrogen) atoms. The van der Waals surface area contributed by atoms with Crippen LogP contribution in [0.4, 0.5) is 0 Å². The van der Waals surface area contributed by atoms with Gasteiger partial charge in [-0.2, -0.15) is 0 Å². The van der Waals surface area contributed by atoms with E-state index in [1.54, 1.807) is 0 Å². The zero-order chi connectivity index (χ0) is 12.9. The molecule has 0 rings (SSSR count).